The molecule has 4 heterocycles. The Kier molecular flexibility index (Phi) is 8.34. The van der Waals surface area contributed by atoms with E-state index in [1.54, 1.807) is 30.6 Å². The van der Waals surface area contributed by atoms with E-state index >= 15 is 0 Å². The highest BCUT2D eigenvalue weighted by Crippen LogP contribution is 2.34. The number of fused-ring (bicyclic) bond motifs is 1. The number of benzene rings is 2. The number of aromatic nitrogens is 4. The molecular weight excluding hydrogens is 593 g/mol. The molecule has 1 saturated heterocycles. The summed E-state index contributed by atoms with van der Waals surface area (Å²) in [5.41, 5.74) is 5.85. The lowest BCUT2D eigenvalue weighted by molar-refractivity contribution is -0.132. The minimum absolute atomic E-state index is 0.0751. The van der Waals surface area contributed by atoms with Crippen LogP contribution in [0.4, 0.5) is 10.1 Å². The molecule has 0 saturated carbocycles. The number of anilines is 1. The van der Waals surface area contributed by atoms with E-state index in [0.29, 0.717) is 57.1 Å². The van der Waals surface area contributed by atoms with Crippen LogP contribution in [0.1, 0.15) is 37.4 Å². The summed E-state index contributed by atoms with van der Waals surface area (Å²) >= 11 is 0. The number of aromatic amines is 1. The molecule has 1 aliphatic carbocycles. The second kappa shape index (κ2) is 12.9. The van der Waals surface area contributed by atoms with E-state index in [1.807, 2.05) is 42.2 Å². The summed E-state index contributed by atoms with van der Waals surface area (Å²) in [5.74, 6) is 0.408. The van der Waals surface area contributed by atoms with Gasteiger partial charge in [0.15, 0.2) is 5.82 Å². The topological polar surface area (TPSA) is 107 Å². The van der Waals surface area contributed by atoms with Crippen molar-refractivity contribution in [1.29, 1.82) is 0 Å². The maximum Gasteiger partial charge on any atom is 0.237 e. The first kappa shape index (κ1) is 30.4. The summed E-state index contributed by atoms with van der Waals surface area (Å²) < 4.78 is 13.7. The van der Waals surface area contributed by atoms with Gasteiger partial charge in [-0.1, -0.05) is 42.5 Å². The minimum Gasteiger partial charge on any atom is -0.338 e. The van der Waals surface area contributed by atoms with Crippen LogP contribution in [0.5, 0.6) is 0 Å². The standard InChI is InChI=1S/C37H36FN7O2/c1-37(36(47)41-30-12-13-32-31(22-30)34(43-42-32)27-4-2-5-29(38)11-10-27)16-21-44(24-37)23-33(46)45-19-14-26(15-20-45)25-6-8-28(9-7-25)35-39-17-3-18-40-35/h2-3,5-14,17-18,22H,4,15-16,19-21,23-24H2,1H3,(H,41,47)(H,42,43)/t37-/m1/s1. The number of H-pyrrole nitrogens is 1. The second-order valence-corrected chi connectivity index (χ2v) is 12.6. The van der Waals surface area contributed by atoms with Crippen LogP contribution in [0.25, 0.3) is 33.4 Å². The molecule has 3 aliphatic rings. The van der Waals surface area contributed by atoms with Gasteiger partial charge < -0.3 is 10.2 Å². The van der Waals surface area contributed by atoms with Crippen molar-refractivity contribution < 1.29 is 14.0 Å². The lowest BCUT2D eigenvalue weighted by atomic mass is 9.88. The quantitative estimate of drug-likeness (QED) is 0.253. The van der Waals surface area contributed by atoms with Crippen LogP contribution in [-0.4, -0.2) is 74.5 Å². The number of carbonyl (C=O) groups is 2. The largest absolute Gasteiger partial charge is 0.338 e. The molecule has 10 heteroatoms. The van der Waals surface area contributed by atoms with Crippen LogP contribution in [0.2, 0.25) is 0 Å². The Morgan fingerprint density at radius 1 is 1.02 bits per heavy atom. The van der Waals surface area contributed by atoms with Gasteiger partial charge in [0.1, 0.15) is 5.83 Å². The molecule has 47 heavy (non-hydrogen) atoms. The Morgan fingerprint density at radius 2 is 1.83 bits per heavy atom. The lowest BCUT2D eigenvalue weighted by Crippen LogP contribution is -2.43. The monoisotopic (exact) mass is 629 g/mol. The van der Waals surface area contributed by atoms with Gasteiger partial charge in [0.05, 0.1) is 23.2 Å². The van der Waals surface area contributed by atoms with E-state index in [0.717, 1.165) is 39.7 Å². The molecule has 9 nitrogen and oxygen atoms in total. The van der Waals surface area contributed by atoms with Crippen molar-refractivity contribution in [2.24, 2.45) is 5.41 Å². The van der Waals surface area contributed by atoms with Crippen LogP contribution in [0.3, 0.4) is 0 Å². The molecule has 0 radical (unpaired) electrons. The number of likely N-dealkylation sites (tertiary alicyclic amines) is 1. The molecule has 1 atom stereocenters. The molecule has 0 unspecified atom stereocenters. The summed E-state index contributed by atoms with van der Waals surface area (Å²) in [5, 5.41) is 11.5. The zero-order chi connectivity index (χ0) is 32.4. The summed E-state index contributed by atoms with van der Waals surface area (Å²) in [6.45, 7) is 4.67. The maximum absolute atomic E-state index is 13.7. The predicted octanol–water partition coefficient (Wildman–Crippen LogP) is 6.18. The van der Waals surface area contributed by atoms with E-state index in [1.165, 1.54) is 17.7 Å². The van der Waals surface area contributed by atoms with Crippen molar-refractivity contribution in [3.63, 3.8) is 0 Å². The number of allylic oxidation sites excluding steroid dienone is 6. The highest BCUT2D eigenvalue weighted by atomic mass is 19.1. The average Bonchev–Trinajstić information content (AvgIpc) is 3.63. The first-order valence-electron chi connectivity index (χ1n) is 15.9. The van der Waals surface area contributed by atoms with Gasteiger partial charge in [-0.2, -0.15) is 5.10 Å². The van der Waals surface area contributed by atoms with Crippen LogP contribution in [0, 0.1) is 5.41 Å². The third kappa shape index (κ3) is 6.55. The Labute approximate surface area is 272 Å². The summed E-state index contributed by atoms with van der Waals surface area (Å²) in [6, 6.07) is 15.7. The minimum atomic E-state index is -0.628. The van der Waals surface area contributed by atoms with E-state index in [-0.39, 0.29) is 17.6 Å². The highest BCUT2D eigenvalue weighted by molar-refractivity contribution is 5.99. The van der Waals surface area contributed by atoms with Gasteiger partial charge in [0.2, 0.25) is 11.8 Å². The van der Waals surface area contributed by atoms with Gasteiger partial charge in [-0.15, -0.1) is 0 Å². The summed E-state index contributed by atoms with van der Waals surface area (Å²) in [7, 11) is 0. The number of nitrogens with one attached hydrogen (secondary N) is 2. The Balaban J connectivity index is 0.942. The zero-order valence-corrected chi connectivity index (χ0v) is 26.2. The third-order valence-corrected chi connectivity index (χ3v) is 9.28. The fourth-order valence-corrected chi connectivity index (χ4v) is 6.50. The molecule has 2 aromatic carbocycles. The molecule has 0 bridgehead atoms. The Morgan fingerprint density at radius 3 is 2.62 bits per heavy atom. The van der Waals surface area contributed by atoms with Crippen LogP contribution in [-0.2, 0) is 9.59 Å². The van der Waals surface area contributed by atoms with Crippen LogP contribution >= 0.6 is 0 Å². The first-order chi connectivity index (χ1) is 22.8. The highest BCUT2D eigenvalue weighted by Gasteiger charge is 2.41. The van der Waals surface area contributed by atoms with Gasteiger partial charge in [0, 0.05) is 48.7 Å². The van der Waals surface area contributed by atoms with Gasteiger partial charge in [-0.3, -0.25) is 19.6 Å². The smallest absolute Gasteiger partial charge is 0.237 e. The van der Waals surface area contributed by atoms with Crippen LogP contribution in [0.15, 0.2) is 97.1 Å². The molecule has 1 fully saturated rings. The predicted molar refractivity (Wildman–Crippen MR) is 181 cm³/mol. The number of amides is 2. The van der Waals surface area contributed by atoms with Crippen molar-refractivity contribution in [3.05, 3.63) is 108 Å². The van der Waals surface area contributed by atoms with E-state index < -0.39 is 5.41 Å². The molecule has 2 aromatic heterocycles. The Bertz CT molecular complexity index is 1940. The number of rotatable bonds is 7. The second-order valence-electron chi connectivity index (χ2n) is 12.6. The number of carbonyl (C=O) groups excluding carboxylic acids is 2. The molecule has 238 valence electrons. The van der Waals surface area contributed by atoms with E-state index in [9.17, 15) is 14.0 Å². The maximum atomic E-state index is 13.7. The molecule has 0 spiro atoms. The van der Waals surface area contributed by atoms with Crippen LogP contribution < -0.4 is 5.32 Å². The molecule has 2 amide bonds. The average molecular weight is 630 g/mol. The molecular formula is C37H36FN7O2. The van der Waals surface area contributed by atoms with Crippen molar-refractivity contribution in [2.45, 2.75) is 26.2 Å². The first-order valence-corrected chi connectivity index (χ1v) is 15.9. The number of hydrogen-bond donors (Lipinski definition) is 2. The molecule has 2 N–H and O–H groups in total. The van der Waals surface area contributed by atoms with Crippen molar-refractivity contribution >= 4 is 39.6 Å². The lowest BCUT2D eigenvalue weighted by Gasteiger charge is -2.29. The molecule has 2 aliphatic heterocycles. The summed E-state index contributed by atoms with van der Waals surface area (Å²) in [4.78, 5) is 39.4. The molecule has 7 rings (SSSR count). The van der Waals surface area contributed by atoms with E-state index in [4.69, 9.17) is 0 Å². The van der Waals surface area contributed by atoms with Gasteiger partial charge in [-0.05, 0) is 85.9 Å². The van der Waals surface area contributed by atoms with Crippen molar-refractivity contribution in [3.8, 4) is 11.4 Å². The third-order valence-electron chi connectivity index (χ3n) is 9.28. The zero-order valence-electron chi connectivity index (χ0n) is 26.2. The van der Waals surface area contributed by atoms with E-state index in [2.05, 4.69) is 48.6 Å². The van der Waals surface area contributed by atoms with Crippen molar-refractivity contribution in [1.82, 2.24) is 30.0 Å². The number of nitrogens with zero attached hydrogens (tertiary/aromatic N) is 5. The normalized spacial score (nSPS) is 20.0. The van der Waals surface area contributed by atoms with Gasteiger partial charge in [-0.25, -0.2) is 14.4 Å². The number of hydrogen-bond acceptors (Lipinski definition) is 6. The fourth-order valence-electron chi connectivity index (χ4n) is 6.50. The molecule has 4 aromatic rings. The van der Waals surface area contributed by atoms with Gasteiger partial charge in [0.25, 0.3) is 0 Å². The fraction of sp³-hybridized carbons (Fsp3) is 0.270. The van der Waals surface area contributed by atoms with Gasteiger partial charge >= 0.3 is 0 Å². The SMILES string of the molecule is C[C@@]1(C(=O)Nc2ccc3[nH]nc(C4=CC=C(F)C=CC4)c3c2)CCN(CC(=O)N2CC=C(c3ccc(-c4ncccn4)cc3)CC2)C1. The Hall–Kier alpha value is -5.22. The summed E-state index contributed by atoms with van der Waals surface area (Å²) in [6.07, 6.45) is 14.0. The number of halogens is 1. The van der Waals surface area contributed by atoms with Crippen molar-refractivity contribution in [2.75, 3.05) is 38.0 Å².